The third kappa shape index (κ3) is 6.31. The maximum Gasteiger partial charge on any atom is 0.164 e. The minimum atomic E-state index is 0.587. The lowest BCUT2D eigenvalue weighted by Crippen LogP contribution is -2.00. The number of nitrogens with zero attached hydrogens (tertiary/aromatic N) is 5. The molecule has 0 saturated heterocycles. The first-order valence-electron chi connectivity index (χ1n) is 20.5. The Kier molecular flexibility index (Phi) is 8.57. The number of rotatable bonds is 7. The highest BCUT2D eigenvalue weighted by molar-refractivity contribution is 7.26. The van der Waals surface area contributed by atoms with Crippen LogP contribution in [0.4, 0.5) is 0 Å². The zero-order valence-corrected chi connectivity index (χ0v) is 33.9. The Morgan fingerprint density at radius 3 is 1.63 bits per heavy atom. The van der Waals surface area contributed by atoms with E-state index >= 15 is 0 Å². The van der Waals surface area contributed by atoms with Gasteiger partial charge >= 0.3 is 0 Å². The lowest BCUT2D eigenvalue weighted by molar-refractivity contribution is 0.669. The van der Waals surface area contributed by atoms with Gasteiger partial charge in [-0.3, -0.25) is 0 Å². The van der Waals surface area contributed by atoms with Crippen LogP contribution >= 0.6 is 11.3 Å². The fraction of sp³-hybridized carbons (Fsp3) is 0. The van der Waals surface area contributed by atoms with Crippen molar-refractivity contribution in [1.29, 1.82) is 0 Å². The quantitative estimate of drug-likeness (QED) is 0.160. The van der Waals surface area contributed by atoms with Gasteiger partial charge in [-0.2, -0.15) is 0 Å². The van der Waals surface area contributed by atoms with E-state index in [1.165, 1.54) is 10.3 Å². The van der Waals surface area contributed by atoms with E-state index in [1.54, 1.807) is 11.3 Å². The van der Waals surface area contributed by atoms with Crippen LogP contribution in [0.3, 0.4) is 0 Å². The Morgan fingerprint density at radius 1 is 0.339 bits per heavy atom. The summed E-state index contributed by atoms with van der Waals surface area (Å²) in [6.07, 6.45) is 0. The summed E-state index contributed by atoms with van der Waals surface area (Å²) in [4.78, 5) is 25.6. The third-order valence-corrected chi connectivity index (χ3v) is 12.5. The zero-order valence-electron chi connectivity index (χ0n) is 33.1. The highest BCUT2D eigenvalue weighted by Gasteiger charge is 2.20. The first-order chi connectivity index (χ1) is 30.7. The summed E-state index contributed by atoms with van der Waals surface area (Å²) < 4.78 is 8.88. The average molecular weight is 812 g/mol. The van der Waals surface area contributed by atoms with E-state index in [9.17, 15) is 0 Å². The molecule has 4 heterocycles. The first kappa shape index (κ1) is 35.8. The summed E-state index contributed by atoms with van der Waals surface area (Å²) in [5, 5.41) is 3.08. The van der Waals surface area contributed by atoms with Gasteiger partial charge in [0.15, 0.2) is 23.3 Å². The van der Waals surface area contributed by atoms with Crippen LogP contribution in [-0.2, 0) is 0 Å². The molecule has 6 nitrogen and oxygen atoms in total. The molecule has 12 aromatic rings. The molecule has 0 atom stereocenters. The lowest BCUT2D eigenvalue weighted by Gasteiger charge is -2.10. The van der Waals surface area contributed by atoms with Crippen molar-refractivity contribution in [2.45, 2.75) is 0 Å². The summed E-state index contributed by atoms with van der Waals surface area (Å²) >= 11 is 1.74. The smallest absolute Gasteiger partial charge is 0.164 e. The predicted molar refractivity (Wildman–Crippen MR) is 254 cm³/mol. The van der Waals surface area contributed by atoms with E-state index in [1.807, 2.05) is 78.9 Å². The molecule has 4 aromatic heterocycles. The molecule has 0 saturated carbocycles. The first-order valence-corrected chi connectivity index (χ1v) is 21.3. The molecule has 290 valence electrons. The van der Waals surface area contributed by atoms with Gasteiger partial charge in [-0.05, 0) is 58.7 Å². The van der Waals surface area contributed by atoms with Crippen LogP contribution in [0.25, 0.3) is 121 Å². The summed E-state index contributed by atoms with van der Waals surface area (Å²) in [6.45, 7) is 0. The highest BCUT2D eigenvalue weighted by atomic mass is 32.1. The molecule has 0 N–H and O–H groups in total. The molecule has 62 heavy (non-hydrogen) atoms. The van der Waals surface area contributed by atoms with Crippen molar-refractivity contribution in [3.63, 3.8) is 0 Å². The Morgan fingerprint density at radius 2 is 0.887 bits per heavy atom. The van der Waals surface area contributed by atoms with Crippen molar-refractivity contribution in [3.05, 3.63) is 200 Å². The molecule has 0 bridgehead atoms. The second-order valence-corrected chi connectivity index (χ2v) is 16.3. The van der Waals surface area contributed by atoms with Crippen LogP contribution < -0.4 is 0 Å². The van der Waals surface area contributed by atoms with Gasteiger partial charge in [-0.25, -0.2) is 24.9 Å². The van der Waals surface area contributed by atoms with Gasteiger partial charge in [0.25, 0.3) is 0 Å². The highest BCUT2D eigenvalue weighted by Crippen LogP contribution is 2.42. The summed E-state index contributed by atoms with van der Waals surface area (Å²) in [7, 11) is 0. The lowest BCUT2D eigenvalue weighted by atomic mass is 9.99. The minimum absolute atomic E-state index is 0.587. The molecule has 7 heteroatoms. The molecular weight excluding hydrogens is 779 g/mol. The summed E-state index contributed by atoms with van der Waals surface area (Å²) in [5.74, 6) is 2.50. The standard InChI is InChI=1S/C55H33N5OS/c1-4-15-34(16-5-1)37-21-12-23-40(31-37)49-51-50(43-25-10-11-28-47(43)62-51)57-54(56-49)41-24-13-22-38(32-41)39-29-30-42-46(33-39)61-45-27-14-26-44(48(42)45)55-59-52(35-17-6-2-7-18-35)58-53(60-55)36-19-8-3-9-20-36/h1-33H. The van der Waals surface area contributed by atoms with Crippen LogP contribution in [-0.4, -0.2) is 24.9 Å². The second-order valence-electron chi connectivity index (χ2n) is 15.2. The number of hydrogen-bond donors (Lipinski definition) is 0. The fourth-order valence-corrected chi connectivity index (χ4v) is 9.50. The minimum Gasteiger partial charge on any atom is -0.456 e. The monoisotopic (exact) mass is 811 g/mol. The van der Waals surface area contributed by atoms with Gasteiger partial charge < -0.3 is 4.42 Å². The van der Waals surface area contributed by atoms with Crippen LogP contribution in [0.15, 0.2) is 205 Å². The van der Waals surface area contributed by atoms with Gasteiger partial charge in [0.2, 0.25) is 0 Å². The number of fused-ring (bicyclic) bond motifs is 6. The molecule has 0 spiro atoms. The molecule has 0 aliphatic heterocycles. The van der Waals surface area contributed by atoms with Gasteiger partial charge in [-0.15, -0.1) is 11.3 Å². The molecule has 0 unspecified atom stereocenters. The average Bonchev–Trinajstić information content (AvgIpc) is 3.93. The van der Waals surface area contributed by atoms with Crippen LogP contribution in [0.1, 0.15) is 0 Å². The van der Waals surface area contributed by atoms with E-state index < -0.39 is 0 Å². The van der Waals surface area contributed by atoms with Gasteiger partial charge in [0.05, 0.1) is 15.9 Å². The van der Waals surface area contributed by atoms with Gasteiger partial charge in [0, 0.05) is 48.7 Å². The van der Waals surface area contributed by atoms with Crippen LogP contribution in [0.2, 0.25) is 0 Å². The van der Waals surface area contributed by atoms with E-state index in [-0.39, 0.29) is 0 Å². The van der Waals surface area contributed by atoms with Crippen molar-refractivity contribution < 1.29 is 4.42 Å². The maximum atomic E-state index is 6.61. The number of furan rings is 1. The zero-order chi connectivity index (χ0) is 41.0. The fourth-order valence-electron chi connectivity index (χ4n) is 8.35. The van der Waals surface area contributed by atoms with Crippen molar-refractivity contribution in [1.82, 2.24) is 24.9 Å². The normalized spacial score (nSPS) is 11.5. The van der Waals surface area contributed by atoms with Crippen molar-refractivity contribution in [2.75, 3.05) is 0 Å². The molecule has 0 amide bonds. The Labute approximate surface area is 360 Å². The van der Waals surface area contributed by atoms with Crippen molar-refractivity contribution in [2.24, 2.45) is 0 Å². The molecule has 0 radical (unpaired) electrons. The topological polar surface area (TPSA) is 77.6 Å². The predicted octanol–water partition coefficient (Wildman–Crippen LogP) is 14.6. The van der Waals surface area contributed by atoms with E-state index in [0.29, 0.717) is 23.3 Å². The van der Waals surface area contributed by atoms with E-state index in [2.05, 4.69) is 121 Å². The second kappa shape index (κ2) is 14.9. The number of hydrogen-bond acceptors (Lipinski definition) is 7. The molecular formula is C55H33N5OS. The van der Waals surface area contributed by atoms with Crippen LogP contribution in [0, 0.1) is 0 Å². The third-order valence-electron chi connectivity index (χ3n) is 11.4. The largest absolute Gasteiger partial charge is 0.456 e. The molecule has 0 fully saturated rings. The van der Waals surface area contributed by atoms with Crippen molar-refractivity contribution in [3.8, 4) is 79.1 Å². The SMILES string of the molecule is c1ccc(-c2cccc(-c3nc(-c4cccc(-c5ccc6c(c5)oc5cccc(-c7nc(-c8ccccc8)nc(-c8ccccc8)n7)c56)c4)nc4c3sc3ccccc34)c2)cc1. The van der Waals surface area contributed by atoms with E-state index in [4.69, 9.17) is 29.3 Å². The Hall–Kier alpha value is -8.13. The summed E-state index contributed by atoms with van der Waals surface area (Å²) in [6, 6.07) is 68.7. The van der Waals surface area contributed by atoms with Crippen LogP contribution in [0.5, 0.6) is 0 Å². The van der Waals surface area contributed by atoms with Gasteiger partial charge in [-0.1, -0.05) is 164 Å². The molecule has 0 aliphatic rings. The molecule has 0 aliphatic carbocycles. The molecule has 12 rings (SSSR count). The number of benzene rings is 8. The van der Waals surface area contributed by atoms with Crippen molar-refractivity contribution >= 4 is 53.6 Å². The Bertz CT molecular complexity index is 3580. The summed E-state index contributed by atoms with van der Waals surface area (Å²) in [5.41, 5.74) is 12.5. The Balaban J connectivity index is 0.965. The number of thiophene rings is 1. The maximum absolute atomic E-state index is 6.61. The molecule has 8 aromatic carbocycles. The van der Waals surface area contributed by atoms with Gasteiger partial charge in [0.1, 0.15) is 11.2 Å². The van der Waals surface area contributed by atoms with E-state index in [0.717, 1.165) is 87.7 Å². The number of aromatic nitrogens is 5.